The maximum Gasteiger partial charge on any atom is 0.324 e. The molecule has 0 radical (unpaired) electrons. The fourth-order valence-electron chi connectivity index (χ4n) is 0.783. The van der Waals surface area contributed by atoms with Crippen molar-refractivity contribution >= 4 is 5.97 Å². The summed E-state index contributed by atoms with van der Waals surface area (Å²) >= 11 is 0. The summed E-state index contributed by atoms with van der Waals surface area (Å²) in [5.41, 5.74) is 4.49. The lowest BCUT2D eigenvalue weighted by molar-refractivity contribution is -0.160. The number of aliphatic hydroxyl groups is 1. The van der Waals surface area contributed by atoms with E-state index in [4.69, 9.17) is 15.6 Å². The molecule has 0 amide bonds. The Hall–Kier alpha value is -0.610. The van der Waals surface area contributed by atoms with Crippen molar-refractivity contribution in [3.05, 3.63) is 0 Å². The first kappa shape index (κ1) is 13.4. The molecule has 0 aliphatic carbocycles. The van der Waals surface area contributed by atoms with E-state index in [0.29, 0.717) is 0 Å². The molecule has 0 aliphatic heterocycles. The third kappa shape index (κ3) is 4.07. The van der Waals surface area contributed by atoms with Crippen LogP contribution in [0, 0.1) is 5.41 Å². The number of esters is 1. The van der Waals surface area contributed by atoms with Crippen LogP contribution in [0.15, 0.2) is 0 Å². The van der Waals surface area contributed by atoms with Gasteiger partial charge in [0.05, 0.1) is 6.61 Å². The van der Waals surface area contributed by atoms with Gasteiger partial charge in [0.25, 0.3) is 0 Å². The molecule has 0 aromatic heterocycles. The van der Waals surface area contributed by atoms with Crippen molar-refractivity contribution in [1.82, 2.24) is 0 Å². The highest BCUT2D eigenvalue weighted by Crippen LogP contribution is 2.20. The highest BCUT2D eigenvalue weighted by atomic mass is 16.6. The maximum absolute atomic E-state index is 11.5. The molecule has 0 saturated heterocycles. The summed E-state index contributed by atoms with van der Waals surface area (Å²) in [7, 11) is 0. The summed E-state index contributed by atoms with van der Waals surface area (Å²) in [6.07, 6.45) is 0. The predicted octanol–water partition coefficient (Wildman–Crippen LogP) is 0.674. The van der Waals surface area contributed by atoms with Crippen LogP contribution in [-0.2, 0) is 9.53 Å². The lowest BCUT2D eigenvalue weighted by atomic mass is 9.86. The van der Waals surface area contributed by atoms with Crippen LogP contribution >= 0.6 is 0 Å². The van der Waals surface area contributed by atoms with Crippen LogP contribution in [0.1, 0.15) is 34.6 Å². The van der Waals surface area contributed by atoms with Crippen LogP contribution in [0.25, 0.3) is 0 Å². The van der Waals surface area contributed by atoms with Crippen molar-refractivity contribution in [3.8, 4) is 0 Å². The van der Waals surface area contributed by atoms with Crippen LogP contribution in [0.5, 0.6) is 0 Å². The molecule has 84 valence electrons. The molecular formula is C10H21NO3. The number of nitrogens with two attached hydrogens (primary N) is 1. The Kier molecular flexibility index (Phi) is 4.09. The Labute approximate surface area is 85.4 Å². The fraction of sp³-hybridized carbons (Fsp3) is 0.900. The number of hydrogen-bond acceptors (Lipinski definition) is 4. The molecule has 0 spiro atoms. The molecule has 0 aromatic rings. The highest BCUT2D eigenvalue weighted by Gasteiger charge is 2.34. The molecule has 0 rings (SSSR count). The Morgan fingerprint density at radius 3 is 2.07 bits per heavy atom. The van der Waals surface area contributed by atoms with E-state index in [-0.39, 0.29) is 6.61 Å². The van der Waals surface area contributed by atoms with Crippen LogP contribution < -0.4 is 5.73 Å². The third-order valence-corrected chi connectivity index (χ3v) is 1.91. The molecule has 0 aliphatic rings. The Balaban J connectivity index is 4.41. The number of carbonyl (C=O) groups excluding carboxylic acids is 1. The molecule has 0 bridgehead atoms. The molecule has 4 nitrogen and oxygen atoms in total. The zero-order chi connectivity index (χ0) is 11.6. The number of carbonyl (C=O) groups is 1. The summed E-state index contributed by atoms with van der Waals surface area (Å²) in [6, 6.07) is -0.799. The molecule has 0 heterocycles. The number of rotatable bonds is 3. The van der Waals surface area contributed by atoms with Gasteiger partial charge in [0.2, 0.25) is 0 Å². The van der Waals surface area contributed by atoms with Gasteiger partial charge in [-0.3, -0.25) is 4.79 Å². The number of aliphatic hydroxyl groups excluding tert-OH is 1. The number of hydrogen-bond donors (Lipinski definition) is 2. The van der Waals surface area contributed by atoms with Crippen LogP contribution in [0.3, 0.4) is 0 Å². The van der Waals surface area contributed by atoms with E-state index in [1.165, 1.54) is 0 Å². The molecule has 4 heteroatoms. The van der Waals surface area contributed by atoms with Gasteiger partial charge < -0.3 is 15.6 Å². The highest BCUT2D eigenvalue weighted by molar-refractivity contribution is 5.76. The Morgan fingerprint density at radius 1 is 1.36 bits per heavy atom. The molecule has 3 N–H and O–H groups in total. The molecule has 1 atom stereocenters. The van der Waals surface area contributed by atoms with Gasteiger partial charge in [0.15, 0.2) is 0 Å². The molecular weight excluding hydrogens is 182 g/mol. The molecule has 0 unspecified atom stereocenters. The zero-order valence-corrected chi connectivity index (χ0v) is 9.63. The first-order chi connectivity index (χ1) is 6.10. The van der Waals surface area contributed by atoms with Gasteiger partial charge in [-0.2, -0.15) is 0 Å². The zero-order valence-electron chi connectivity index (χ0n) is 9.63. The summed E-state index contributed by atoms with van der Waals surface area (Å²) in [6.45, 7) is 8.65. The van der Waals surface area contributed by atoms with Gasteiger partial charge >= 0.3 is 5.97 Å². The van der Waals surface area contributed by atoms with Crippen molar-refractivity contribution < 1.29 is 14.6 Å². The van der Waals surface area contributed by atoms with E-state index in [1.54, 1.807) is 34.6 Å². The van der Waals surface area contributed by atoms with Gasteiger partial charge in [-0.05, 0) is 20.8 Å². The monoisotopic (exact) mass is 203 g/mol. The normalized spacial score (nSPS) is 15.1. The summed E-state index contributed by atoms with van der Waals surface area (Å²) < 4.78 is 5.11. The summed E-state index contributed by atoms with van der Waals surface area (Å²) in [5.74, 6) is -0.475. The standard InChI is InChI=1S/C10H21NO3/c1-9(2,3)14-8(13)7(11)10(4,5)6-12/h7,12H,6,11H2,1-5H3/t7-/m1/s1. The van der Waals surface area contributed by atoms with E-state index >= 15 is 0 Å². The second-order valence-corrected chi connectivity index (χ2v) is 5.16. The largest absolute Gasteiger partial charge is 0.459 e. The van der Waals surface area contributed by atoms with Gasteiger partial charge in [-0.25, -0.2) is 0 Å². The van der Waals surface area contributed by atoms with Crippen molar-refractivity contribution in [2.24, 2.45) is 11.1 Å². The minimum Gasteiger partial charge on any atom is -0.459 e. The lowest BCUT2D eigenvalue weighted by Crippen LogP contribution is -2.48. The minimum atomic E-state index is -0.799. The third-order valence-electron chi connectivity index (χ3n) is 1.91. The van der Waals surface area contributed by atoms with Crippen molar-refractivity contribution in [2.75, 3.05) is 6.61 Å². The van der Waals surface area contributed by atoms with Crippen LogP contribution in [0.2, 0.25) is 0 Å². The quantitative estimate of drug-likeness (QED) is 0.661. The first-order valence-corrected chi connectivity index (χ1v) is 4.69. The van der Waals surface area contributed by atoms with E-state index in [1.807, 2.05) is 0 Å². The van der Waals surface area contributed by atoms with Crippen molar-refractivity contribution in [1.29, 1.82) is 0 Å². The van der Waals surface area contributed by atoms with Gasteiger partial charge in [0.1, 0.15) is 11.6 Å². The second kappa shape index (κ2) is 4.28. The molecule has 0 saturated carbocycles. The lowest BCUT2D eigenvalue weighted by Gasteiger charge is -2.30. The summed E-state index contributed by atoms with van der Waals surface area (Å²) in [4.78, 5) is 11.5. The minimum absolute atomic E-state index is 0.145. The topological polar surface area (TPSA) is 72.5 Å². The van der Waals surface area contributed by atoms with E-state index < -0.39 is 23.0 Å². The van der Waals surface area contributed by atoms with Gasteiger partial charge in [0, 0.05) is 5.41 Å². The smallest absolute Gasteiger partial charge is 0.324 e. The van der Waals surface area contributed by atoms with Crippen LogP contribution in [-0.4, -0.2) is 29.3 Å². The van der Waals surface area contributed by atoms with E-state index in [9.17, 15) is 4.79 Å². The Bertz CT molecular complexity index is 206. The van der Waals surface area contributed by atoms with E-state index in [2.05, 4.69) is 0 Å². The van der Waals surface area contributed by atoms with Crippen molar-refractivity contribution in [3.63, 3.8) is 0 Å². The average Bonchev–Trinajstić information content (AvgIpc) is 2.00. The maximum atomic E-state index is 11.5. The van der Waals surface area contributed by atoms with Crippen LogP contribution in [0.4, 0.5) is 0 Å². The fourth-order valence-corrected chi connectivity index (χ4v) is 0.783. The number of ether oxygens (including phenoxy) is 1. The first-order valence-electron chi connectivity index (χ1n) is 4.69. The molecule has 0 fully saturated rings. The Morgan fingerprint density at radius 2 is 1.79 bits per heavy atom. The predicted molar refractivity (Wildman–Crippen MR) is 54.7 cm³/mol. The van der Waals surface area contributed by atoms with E-state index in [0.717, 1.165) is 0 Å². The molecule has 0 aromatic carbocycles. The summed E-state index contributed by atoms with van der Waals surface area (Å²) in [5, 5.41) is 9.02. The average molecular weight is 203 g/mol. The SMILES string of the molecule is CC(C)(C)OC(=O)[C@@H](N)C(C)(C)CO. The van der Waals surface area contributed by atoms with Gasteiger partial charge in [-0.1, -0.05) is 13.8 Å². The second-order valence-electron chi connectivity index (χ2n) is 5.16. The molecule has 14 heavy (non-hydrogen) atoms. The van der Waals surface area contributed by atoms with Gasteiger partial charge in [-0.15, -0.1) is 0 Å². The van der Waals surface area contributed by atoms with Crippen molar-refractivity contribution in [2.45, 2.75) is 46.3 Å².